The number of nitrogens with zero attached hydrogens (tertiary/aromatic N) is 2. The van der Waals surface area contributed by atoms with Crippen LogP contribution in [0, 0.1) is 19.3 Å². The van der Waals surface area contributed by atoms with Crippen molar-refractivity contribution in [3.63, 3.8) is 0 Å². The molecular formula is C22H21N3O2S2. The van der Waals surface area contributed by atoms with Crippen molar-refractivity contribution < 1.29 is 4.79 Å². The van der Waals surface area contributed by atoms with E-state index < -0.39 is 0 Å². The fourth-order valence-corrected chi connectivity index (χ4v) is 5.68. The lowest BCUT2D eigenvalue weighted by molar-refractivity contribution is -0.118. The van der Waals surface area contributed by atoms with Crippen LogP contribution in [0.4, 0.5) is 0 Å². The number of carbonyl (C=O) groups excluding carboxylic acids is 1. The molecule has 1 amide bonds. The van der Waals surface area contributed by atoms with Gasteiger partial charge in [0.2, 0.25) is 5.91 Å². The quantitative estimate of drug-likeness (QED) is 0.388. The van der Waals surface area contributed by atoms with Crippen molar-refractivity contribution in [2.45, 2.75) is 37.8 Å². The first-order chi connectivity index (χ1) is 14.1. The van der Waals surface area contributed by atoms with Crippen LogP contribution in [0.25, 0.3) is 15.9 Å². The lowest BCUT2D eigenvalue weighted by atomic mass is 9.97. The van der Waals surface area contributed by atoms with E-state index in [1.807, 2.05) is 31.2 Å². The highest BCUT2D eigenvalue weighted by Crippen LogP contribution is 2.35. The number of rotatable bonds is 5. The van der Waals surface area contributed by atoms with Crippen molar-refractivity contribution in [2.24, 2.45) is 0 Å². The van der Waals surface area contributed by atoms with Crippen molar-refractivity contribution in [2.75, 3.05) is 12.3 Å². The van der Waals surface area contributed by atoms with Crippen LogP contribution < -0.4 is 10.9 Å². The maximum absolute atomic E-state index is 13.6. The number of aryl methyl sites for hydroxylation is 3. The van der Waals surface area contributed by atoms with Gasteiger partial charge in [0.1, 0.15) is 4.83 Å². The Morgan fingerprint density at radius 1 is 1.31 bits per heavy atom. The average molecular weight is 424 g/mol. The Bertz CT molecular complexity index is 1170. The first-order valence-corrected chi connectivity index (χ1v) is 11.4. The molecule has 1 N–H and O–H groups in total. The minimum atomic E-state index is -0.178. The Labute approximate surface area is 177 Å². The number of terminal acetylenes is 1. The highest BCUT2D eigenvalue weighted by Gasteiger charge is 2.23. The molecule has 5 nitrogen and oxygen atoms in total. The summed E-state index contributed by atoms with van der Waals surface area (Å²) < 4.78 is 1.64. The van der Waals surface area contributed by atoms with Crippen LogP contribution in [0.2, 0.25) is 0 Å². The Kier molecular flexibility index (Phi) is 5.74. The number of amides is 1. The fourth-order valence-electron chi connectivity index (χ4n) is 3.54. The van der Waals surface area contributed by atoms with Crippen LogP contribution in [-0.2, 0) is 17.6 Å². The number of carbonyl (C=O) groups is 1. The number of nitrogens with one attached hydrogen (secondary N) is 1. The molecule has 3 aromatic rings. The molecule has 0 bridgehead atoms. The number of aromatic nitrogens is 2. The van der Waals surface area contributed by atoms with Gasteiger partial charge >= 0.3 is 0 Å². The van der Waals surface area contributed by atoms with Gasteiger partial charge in [0.05, 0.1) is 23.4 Å². The van der Waals surface area contributed by atoms with E-state index >= 15 is 0 Å². The molecule has 0 saturated carbocycles. The molecule has 148 valence electrons. The van der Waals surface area contributed by atoms with E-state index in [0.29, 0.717) is 5.16 Å². The SMILES string of the molecule is C#CCNC(=O)CSc1nc2sc3c(c2c(=O)n1-c1ccc(C)cc1)CCCC3. The number of thioether (sulfide) groups is 1. The number of hydrogen-bond donors (Lipinski definition) is 1. The Hall–Kier alpha value is -2.56. The van der Waals surface area contributed by atoms with Crippen LogP contribution >= 0.6 is 23.1 Å². The third kappa shape index (κ3) is 3.96. The van der Waals surface area contributed by atoms with E-state index in [4.69, 9.17) is 11.4 Å². The highest BCUT2D eigenvalue weighted by atomic mass is 32.2. The predicted octanol–water partition coefficient (Wildman–Crippen LogP) is 3.48. The molecular weight excluding hydrogens is 402 g/mol. The van der Waals surface area contributed by atoms with Crippen LogP contribution in [0.5, 0.6) is 0 Å². The summed E-state index contributed by atoms with van der Waals surface area (Å²) in [5.74, 6) is 2.36. The summed E-state index contributed by atoms with van der Waals surface area (Å²) in [5.41, 5.74) is 2.99. The molecule has 0 spiro atoms. The molecule has 1 aliphatic carbocycles. The topological polar surface area (TPSA) is 64.0 Å². The Morgan fingerprint density at radius 2 is 2.07 bits per heavy atom. The molecule has 7 heteroatoms. The van der Waals surface area contributed by atoms with Gasteiger partial charge < -0.3 is 5.32 Å². The standard InChI is InChI=1S/C22H21N3O2S2/c1-3-12-23-18(26)13-28-22-24-20-19(16-6-4-5-7-17(16)29-20)21(27)25(22)15-10-8-14(2)9-11-15/h1,8-11H,4-7,12-13H2,2H3,(H,23,26). The van der Waals surface area contributed by atoms with Gasteiger partial charge in [0, 0.05) is 4.88 Å². The molecule has 2 aromatic heterocycles. The zero-order chi connectivity index (χ0) is 20.4. The molecule has 0 aliphatic heterocycles. The lowest BCUT2D eigenvalue weighted by Gasteiger charge is -2.13. The summed E-state index contributed by atoms with van der Waals surface area (Å²) >= 11 is 2.88. The van der Waals surface area contributed by atoms with Gasteiger partial charge in [-0.05, 0) is 50.3 Å². The fraction of sp³-hybridized carbons (Fsp3) is 0.318. The van der Waals surface area contributed by atoms with Gasteiger partial charge in [-0.3, -0.25) is 14.2 Å². The maximum atomic E-state index is 13.6. The summed E-state index contributed by atoms with van der Waals surface area (Å²) in [5, 5.41) is 3.92. The third-order valence-electron chi connectivity index (χ3n) is 4.97. The van der Waals surface area contributed by atoms with Crippen LogP contribution in [-0.4, -0.2) is 27.8 Å². The monoisotopic (exact) mass is 423 g/mol. The van der Waals surface area contributed by atoms with Crippen molar-refractivity contribution in [3.05, 3.63) is 50.6 Å². The van der Waals surface area contributed by atoms with E-state index in [1.165, 1.54) is 16.6 Å². The summed E-state index contributed by atoms with van der Waals surface area (Å²) in [7, 11) is 0. The second kappa shape index (κ2) is 8.44. The minimum Gasteiger partial charge on any atom is -0.344 e. The molecule has 1 aliphatic rings. The Morgan fingerprint density at radius 3 is 2.83 bits per heavy atom. The van der Waals surface area contributed by atoms with E-state index in [2.05, 4.69) is 11.2 Å². The normalized spacial score (nSPS) is 13.1. The van der Waals surface area contributed by atoms with Crippen molar-refractivity contribution >= 4 is 39.2 Å². The van der Waals surface area contributed by atoms with Crippen molar-refractivity contribution in [3.8, 4) is 18.0 Å². The van der Waals surface area contributed by atoms with E-state index in [1.54, 1.807) is 15.9 Å². The summed E-state index contributed by atoms with van der Waals surface area (Å²) in [6.45, 7) is 2.20. The first-order valence-electron chi connectivity index (χ1n) is 9.56. The highest BCUT2D eigenvalue weighted by molar-refractivity contribution is 7.99. The van der Waals surface area contributed by atoms with Crippen molar-refractivity contribution in [1.29, 1.82) is 0 Å². The predicted molar refractivity (Wildman–Crippen MR) is 119 cm³/mol. The third-order valence-corrected chi connectivity index (χ3v) is 7.09. The van der Waals surface area contributed by atoms with E-state index in [9.17, 15) is 9.59 Å². The molecule has 1 aromatic carbocycles. The van der Waals surface area contributed by atoms with Gasteiger partial charge in [0.15, 0.2) is 5.16 Å². The summed E-state index contributed by atoms with van der Waals surface area (Å²) in [6, 6.07) is 7.79. The molecule has 0 unspecified atom stereocenters. The van der Waals surface area contributed by atoms with Crippen LogP contribution in [0.1, 0.15) is 28.8 Å². The van der Waals surface area contributed by atoms with Gasteiger partial charge in [-0.15, -0.1) is 17.8 Å². The van der Waals surface area contributed by atoms with E-state index in [-0.39, 0.29) is 23.8 Å². The largest absolute Gasteiger partial charge is 0.344 e. The zero-order valence-corrected chi connectivity index (χ0v) is 17.8. The van der Waals surface area contributed by atoms with E-state index in [0.717, 1.165) is 52.7 Å². The van der Waals surface area contributed by atoms with Gasteiger partial charge in [-0.25, -0.2) is 4.98 Å². The average Bonchev–Trinajstić information content (AvgIpc) is 3.10. The van der Waals surface area contributed by atoms with Gasteiger partial charge in [0.25, 0.3) is 5.56 Å². The number of hydrogen-bond acceptors (Lipinski definition) is 5. The molecule has 0 atom stereocenters. The molecule has 4 rings (SSSR count). The smallest absolute Gasteiger partial charge is 0.267 e. The number of fused-ring (bicyclic) bond motifs is 3. The van der Waals surface area contributed by atoms with Gasteiger partial charge in [-0.2, -0.15) is 0 Å². The number of benzene rings is 1. The van der Waals surface area contributed by atoms with Crippen LogP contribution in [0.15, 0.2) is 34.2 Å². The second-order valence-corrected chi connectivity index (χ2v) is 9.06. The maximum Gasteiger partial charge on any atom is 0.267 e. The second-order valence-electron chi connectivity index (χ2n) is 7.03. The Balaban J connectivity index is 1.83. The lowest BCUT2D eigenvalue weighted by Crippen LogP contribution is -2.26. The molecule has 0 radical (unpaired) electrons. The number of thiophene rings is 1. The minimum absolute atomic E-state index is 0.0511. The van der Waals surface area contributed by atoms with Crippen LogP contribution in [0.3, 0.4) is 0 Å². The first kappa shape index (κ1) is 19.7. The molecule has 0 saturated heterocycles. The van der Waals surface area contributed by atoms with Gasteiger partial charge in [-0.1, -0.05) is 35.4 Å². The molecule has 29 heavy (non-hydrogen) atoms. The molecule has 0 fully saturated rings. The summed E-state index contributed by atoms with van der Waals surface area (Å²) in [4.78, 5) is 32.5. The summed E-state index contributed by atoms with van der Waals surface area (Å²) in [6.07, 6.45) is 9.40. The van der Waals surface area contributed by atoms with Crippen molar-refractivity contribution in [1.82, 2.24) is 14.9 Å². The molecule has 2 heterocycles. The zero-order valence-electron chi connectivity index (χ0n) is 16.2.